The van der Waals surface area contributed by atoms with Crippen LogP contribution in [0.1, 0.15) is 40.0 Å². The average molecular weight is 190 g/mol. The van der Waals surface area contributed by atoms with Crippen LogP contribution >= 0.6 is 0 Å². The Morgan fingerprint density at radius 2 is 1.86 bits per heavy atom. The minimum atomic E-state index is 1.02. The zero-order valence-corrected chi connectivity index (χ0v) is 9.72. The van der Waals surface area contributed by atoms with Gasteiger partial charge in [0.1, 0.15) is 0 Å². The fraction of sp³-hybridized carbons (Fsp3) is 0.429. The predicted octanol–water partition coefficient (Wildman–Crippen LogP) is 4.81. The van der Waals surface area contributed by atoms with E-state index in [9.17, 15) is 0 Å². The van der Waals surface area contributed by atoms with E-state index >= 15 is 0 Å². The van der Waals surface area contributed by atoms with Crippen molar-refractivity contribution in [3.8, 4) is 0 Å². The zero-order valence-electron chi connectivity index (χ0n) is 9.72. The first kappa shape index (κ1) is 13.0. The van der Waals surface area contributed by atoms with Crippen molar-refractivity contribution >= 4 is 0 Å². The highest BCUT2D eigenvalue weighted by Crippen LogP contribution is 2.07. The monoisotopic (exact) mass is 190 g/mol. The Labute approximate surface area is 88.7 Å². The molecule has 0 bridgehead atoms. The lowest BCUT2D eigenvalue weighted by Gasteiger charge is -1.97. The molecule has 14 heavy (non-hydrogen) atoms. The fourth-order valence-electron chi connectivity index (χ4n) is 1.13. The molecule has 0 nitrogen and oxygen atoms in total. The lowest BCUT2D eigenvalue weighted by molar-refractivity contribution is 0.958. The lowest BCUT2D eigenvalue weighted by Crippen LogP contribution is -1.76. The second-order valence-electron chi connectivity index (χ2n) is 3.77. The molecule has 0 aliphatic heterocycles. The third kappa shape index (κ3) is 9.05. The molecule has 0 aromatic carbocycles. The van der Waals surface area contributed by atoms with Crippen LogP contribution in [-0.2, 0) is 0 Å². The summed E-state index contributed by atoms with van der Waals surface area (Å²) in [6.45, 7) is 10.1. The van der Waals surface area contributed by atoms with Crippen molar-refractivity contribution in [2.45, 2.75) is 40.0 Å². The van der Waals surface area contributed by atoms with Gasteiger partial charge in [-0.2, -0.15) is 0 Å². The molecule has 0 aliphatic carbocycles. The second kappa shape index (κ2) is 8.55. The fourth-order valence-corrected chi connectivity index (χ4v) is 1.13. The van der Waals surface area contributed by atoms with E-state index in [0.717, 1.165) is 12.8 Å². The number of rotatable bonds is 6. The van der Waals surface area contributed by atoms with Gasteiger partial charge in [0.25, 0.3) is 0 Å². The molecule has 0 heteroatoms. The first-order valence-corrected chi connectivity index (χ1v) is 5.23. The largest absolute Gasteiger partial charge is 0.0991 e. The average Bonchev–Trinajstić information content (AvgIpc) is 2.12. The van der Waals surface area contributed by atoms with Crippen molar-refractivity contribution in [3.63, 3.8) is 0 Å². The maximum absolute atomic E-state index is 3.63. The summed E-state index contributed by atoms with van der Waals surface area (Å²) in [6.07, 6.45) is 13.8. The van der Waals surface area contributed by atoms with Gasteiger partial charge in [0.2, 0.25) is 0 Å². The van der Waals surface area contributed by atoms with Crippen LogP contribution in [-0.4, -0.2) is 0 Å². The summed E-state index contributed by atoms with van der Waals surface area (Å²) >= 11 is 0. The van der Waals surface area contributed by atoms with E-state index in [0.29, 0.717) is 0 Å². The van der Waals surface area contributed by atoms with Crippen LogP contribution in [0.4, 0.5) is 0 Å². The van der Waals surface area contributed by atoms with Gasteiger partial charge >= 0.3 is 0 Å². The second-order valence-corrected chi connectivity index (χ2v) is 3.77. The van der Waals surface area contributed by atoms with E-state index in [4.69, 9.17) is 0 Å². The maximum Gasteiger partial charge on any atom is -0.0163 e. The molecule has 0 saturated heterocycles. The van der Waals surface area contributed by atoms with Gasteiger partial charge in [-0.15, -0.1) is 0 Å². The summed E-state index contributed by atoms with van der Waals surface area (Å²) in [5.41, 5.74) is 2.88. The van der Waals surface area contributed by atoms with Crippen LogP contribution in [0.15, 0.2) is 48.1 Å². The molecule has 0 rings (SSSR count). The van der Waals surface area contributed by atoms with Gasteiger partial charge in [-0.1, -0.05) is 48.1 Å². The minimum absolute atomic E-state index is 1.02. The molecule has 0 spiro atoms. The first-order valence-electron chi connectivity index (χ1n) is 5.23. The topological polar surface area (TPSA) is 0 Å². The van der Waals surface area contributed by atoms with Gasteiger partial charge in [-0.25, -0.2) is 0 Å². The normalized spacial score (nSPS) is 11.8. The Balaban J connectivity index is 3.72. The molecular weight excluding hydrogens is 168 g/mol. The van der Waals surface area contributed by atoms with Crippen LogP contribution in [0, 0.1) is 0 Å². The molecule has 0 saturated carbocycles. The van der Waals surface area contributed by atoms with Gasteiger partial charge in [0, 0.05) is 0 Å². The molecule has 0 radical (unpaired) electrons. The van der Waals surface area contributed by atoms with Crippen LogP contribution in [0.3, 0.4) is 0 Å². The van der Waals surface area contributed by atoms with Crippen molar-refractivity contribution in [1.29, 1.82) is 0 Å². The van der Waals surface area contributed by atoms with Crippen LogP contribution in [0.2, 0.25) is 0 Å². The van der Waals surface area contributed by atoms with E-state index in [1.807, 2.05) is 12.2 Å². The van der Waals surface area contributed by atoms with Crippen LogP contribution < -0.4 is 0 Å². The first-order chi connectivity index (χ1) is 6.66. The molecule has 0 heterocycles. The van der Waals surface area contributed by atoms with E-state index in [-0.39, 0.29) is 0 Å². The zero-order chi connectivity index (χ0) is 10.8. The quantitative estimate of drug-likeness (QED) is 0.416. The number of allylic oxidation sites excluding steroid dienone is 7. The van der Waals surface area contributed by atoms with Crippen LogP contribution in [0.25, 0.3) is 0 Å². The molecule has 0 unspecified atom stereocenters. The maximum atomic E-state index is 3.63. The standard InChI is InChI=1S/C14H22/c1-5-6-7-8-11-14(4)12-9-10-13(2)3/h5-7,10-11H,1,8-9,12H2,2-4H3/b7-6+,14-11+. The summed E-state index contributed by atoms with van der Waals surface area (Å²) in [6, 6.07) is 0. The highest BCUT2D eigenvalue weighted by Gasteiger charge is 1.87. The molecule has 0 aliphatic rings. The van der Waals surface area contributed by atoms with Crippen molar-refractivity contribution in [1.82, 2.24) is 0 Å². The van der Waals surface area contributed by atoms with E-state index in [1.54, 1.807) is 0 Å². The Hall–Kier alpha value is -1.04. The summed E-state index contributed by atoms with van der Waals surface area (Å²) in [4.78, 5) is 0. The molecule has 0 aromatic heterocycles. The van der Waals surface area contributed by atoms with Crippen molar-refractivity contribution in [2.24, 2.45) is 0 Å². The lowest BCUT2D eigenvalue weighted by atomic mass is 10.1. The molecule has 0 fully saturated rings. The Morgan fingerprint density at radius 3 is 2.43 bits per heavy atom. The van der Waals surface area contributed by atoms with Crippen LogP contribution in [0.5, 0.6) is 0 Å². The van der Waals surface area contributed by atoms with E-state index in [2.05, 4.69) is 45.6 Å². The SMILES string of the molecule is C=C/C=C/C/C=C(\C)CCC=C(C)C. The van der Waals surface area contributed by atoms with Gasteiger partial charge in [-0.3, -0.25) is 0 Å². The highest BCUT2D eigenvalue weighted by atomic mass is 13.9. The van der Waals surface area contributed by atoms with Crippen molar-refractivity contribution < 1.29 is 0 Å². The third-order valence-corrected chi connectivity index (χ3v) is 1.97. The van der Waals surface area contributed by atoms with Gasteiger partial charge in [0.15, 0.2) is 0 Å². The molecule has 0 aromatic rings. The number of hydrogen-bond donors (Lipinski definition) is 0. The van der Waals surface area contributed by atoms with Gasteiger partial charge < -0.3 is 0 Å². The summed E-state index contributed by atoms with van der Waals surface area (Å²) < 4.78 is 0. The Morgan fingerprint density at radius 1 is 1.14 bits per heavy atom. The van der Waals surface area contributed by atoms with Gasteiger partial charge in [-0.05, 0) is 40.0 Å². The predicted molar refractivity (Wildman–Crippen MR) is 66.4 cm³/mol. The molecule has 0 amide bonds. The molecular formula is C14H22. The Bertz CT molecular complexity index is 235. The third-order valence-electron chi connectivity index (χ3n) is 1.97. The minimum Gasteiger partial charge on any atom is -0.0991 e. The van der Waals surface area contributed by atoms with Crippen molar-refractivity contribution in [2.75, 3.05) is 0 Å². The summed E-state index contributed by atoms with van der Waals surface area (Å²) in [5.74, 6) is 0. The Kier molecular flexibility index (Phi) is 7.92. The van der Waals surface area contributed by atoms with E-state index < -0.39 is 0 Å². The summed E-state index contributed by atoms with van der Waals surface area (Å²) in [7, 11) is 0. The molecule has 0 atom stereocenters. The summed E-state index contributed by atoms with van der Waals surface area (Å²) in [5, 5.41) is 0. The van der Waals surface area contributed by atoms with Gasteiger partial charge in [0.05, 0.1) is 0 Å². The molecule has 78 valence electrons. The molecule has 0 N–H and O–H groups in total. The smallest absolute Gasteiger partial charge is 0.0163 e. The highest BCUT2D eigenvalue weighted by molar-refractivity contribution is 5.06. The van der Waals surface area contributed by atoms with Crippen molar-refractivity contribution in [3.05, 3.63) is 48.1 Å². The van der Waals surface area contributed by atoms with E-state index in [1.165, 1.54) is 17.6 Å². The number of hydrogen-bond acceptors (Lipinski definition) is 0.